The minimum absolute atomic E-state index is 0.106. The van der Waals surface area contributed by atoms with Crippen LogP contribution in [0.25, 0.3) is 0 Å². The van der Waals surface area contributed by atoms with Gasteiger partial charge in [0.25, 0.3) is 0 Å². The number of hydrogen-bond donors (Lipinski definition) is 3. The topological polar surface area (TPSA) is 237 Å². The number of hydrogen-bond acceptors (Lipinski definition) is 15. The molecule has 3 unspecified atom stereocenters. The first kappa shape index (κ1) is 101. The van der Waals surface area contributed by atoms with Gasteiger partial charge in [-0.1, -0.05) is 395 Å². The molecule has 0 fully saturated rings. The average Bonchev–Trinajstić information content (AvgIpc) is 0.920. The molecule has 0 heterocycles. The Morgan fingerprint density at radius 3 is 0.738 bits per heavy atom. The largest absolute Gasteiger partial charge is 0.472 e. The molecule has 0 aliphatic heterocycles. The van der Waals surface area contributed by atoms with Gasteiger partial charge in [0.1, 0.15) is 19.3 Å². The van der Waals surface area contributed by atoms with Crippen LogP contribution < -0.4 is 0 Å². The maximum atomic E-state index is 13.1. The summed E-state index contributed by atoms with van der Waals surface area (Å²) >= 11 is 0. The van der Waals surface area contributed by atoms with Crippen LogP contribution in [0.3, 0.4) is 0 Å². The van der Waals surface area contributed by atoms with E-state index < -0.39 is 97.5 Å². The van der Waals surface area contributed by atoms with Crippen LogP contribution in [0.15, 0.2) is 0 Å². The van der Waals surface area contributed by atoms with Crippen molar-refractivity contribution in [2.24, 2.45) is 11.8 Å². The summed E-state index contributed by atoms with van der Waals surface area (Å²) in [6.45, 7) is 9.68. The molecular formula is C84H164O17P2. The van der Waals surface area contributed by atoms with Crippen LogP contribution in [-0.2, 0) is 65.4 Å². The lowest BCUT2D eigenvalue weighted by molar-refractivity contribution is -0.161. The van der Waals surface area contributed by atoms with Gasteiger partial charge in [0.05, 0.1) is 26.4 Å². The van der Waals surface area contributed by atoms with Crippen molar-refractivity contribution >= 4 is 39.5 Å². The van der Waals surface area contributed by atoms with Gasteiger partial charge < -0.3 is 33.8 Å². The van der Waals surface area contributed by atoms with Gasteiger partial charge in [-0.3, -0.25) is 37.3 Å². The van der Waals surface area contributed by atoms with Crippen molar-refractivity contribution in [3.63, 3.8) is 0 Å². The van der Waals surface area contributed by atoms with Crippen molar-refractivity contribution < 1.29 is 80.2 Å². The Kier molecular flexibility index (Phi) is 74.1. The predicted octanol–water partition coefficient (Wildman–Crippen LogP) is 25.5. The van der Waals surface area contributed by atoms with E-state index in [0.717, 1.165) is 102 Å². The minimum Gasteiger partial charge on any atom is -0.462 e. The third-order valence-corrected chi connectivity index (χ3v) is 22.0. The molecule has 0 amide bonds. The highest BCUT2D eigenvalue weighted by molar-refractivity contribution is 7.47. The third-order valence-electron chi connectivity index (χ3n) is 20.1. The Hall–Kier alpha value is -1.94. The highest BCUT2D eigenvalue weighted by atomic mass is 31.2. The van der Waals surface area contributed by atoms with E-state index in [0.29, 0.717) is 25.7 Å². The first-order chi connectivity index (χ1) is 49.9. The molecule has 0 aliphatic rings. The molecular weight excluding hydrogens is 1340 g/mol. The fourth-order valence-corrected chi connectivity index (χ4v) is 14.6. The van der Waals surface area contributed by atoms with Crippen molar-refractivity contribution in [3.05, 3.63) is 0 Å². The first-order valence-corrected chi connectivity index (χ1v) is 46.5. The molecule has 0 saturated carbocycles. The number of aliphatic hydroxyl groups excluding tert-OH is 1. The lowest BCUT2D eigenvalue weighted by Crippen LogP contribution is -2.30. The highest BCUT2D eigenvalue weighted by Gasteiger charge is 2.30. The molecule has 19 heteroatoms. The number of aliphatic hydroxyl groups is 1. The normalized spacial score (nSPS) is 14.1. The smallest absolute Gasteiger partial charge is 0.462 e. The number of ether oxygens (including phenoxy) is 4. The number of esters is 4. The van der Waals surface area contributed by atoms with Gasteiger partial charge in [-0.25, -0.2) is 9.13 Å². The van der Waals surface area contributed by atoms with Crippen molar-refractivity contribution in [1.29, 1.82) is 0 Å². The molecule has 0 saturated heterocycles. The van der Waals surface area contributed by atoms with Crippen LogP contribution in [-0.4, -0.2) is 96.7 Å². The van der Waals surface area contributed by atoms with Crippen LogP contribution in [0.1, 0.15) is 446 Å². The zero-order valence-electron chi connectivity index (χ0n) is 67.6. The second-order valence-corrected chi connectivity index (χ2v) is 33.8. The molecule has 0 aromatic heterocycles. The lowest BCUT2D eigenvalue weighted by Gasteiger charge is -2.21. The van der Waals surface area contributed by atoms with E-state index >= 15 is 0 Å². The summed E-state index contributed by atoms with van der Waals surface area (Å²) in [6.07, 6.45) is 66.7. The molecule has 3 N–H and O–H groups in total. The number of carbonyl (C=O) groups is 4. The van der Waals surface area contributed by atoms with Gasteiger partial charge in [-0.2, -0.15) is 0 Å². The van der Waals surface area contributed by atoms with Crippen LogP contribution in [0, 0.1) is 11.8 Å². The van der Waals surface area contributed by atoms with E-state index in [-0.39, 0.29) is 25.7 Å². The number of phosphoric acid groups is 2. The van der Waals surface area contributed by atoms with Crippen LogP contribution in [0.5, 0.6) is 0 Å². The number of unbranched alkanes of at least 4 members (excludes halogenated alkanes) is 52. The van der Waals surface area contributed by atoms with E-state index in [4.69, 9.17) is 37.0 Å². The summed E-state index contributed by atoms with van der Waals surface area (Å²) in [6, 6.07) is 0. The van der Waals surface area contributed by atoms with E-state index in [2.05, 4.69) is 41.5 Å². The van der Waals surface area contributed by atoms with Crippen molar-refractivity contribution in [3.8, 4) is 0 Å². The third kappa shape index (κ3) is 76.6. The summed E-state index contributed by atoms with van der Waals surface area (Å²) in [5.41, 5.74) is 0. The molecule has 0 aromatic carbocycles. The summed E-state index contributed by atoms with van der Waals surface area (Å²) < 4.78 is 68.8. The van der Waals surface area contributed by atoms with Crippen molar-refractivity contribution in [2.45, 2.75) is 464 Å². The van der Waals surface area contributed by atoms with E-state index in [1.54, 1.807) is 0 Å². The van der Waals surface area contributed by atoms with Gasteiger partial charge in [-0.05, 0) is 37.5 Å². The van der Waals surface area contributed by atoms with E-state index in [1.807, 2.05) is 0 Å². The average molecular weight is 1510 g/mol. The Morgan fingerprint density at radius 1 is 0.282 bits per heavy atom. The van der Waals surface area contributed by atoms with Crippen LogP contribution >= 0.6 is 15.6 Å². The Bertz CT molecular complexity index is 1980. The van der Waals surface area contributed by atoms with E-state index in [1.165, 1.54) is 263 Å². The minimum atomic E-state index is -4.96. The molecule has 0 radical (unpaired) electrons. The number of phosphoric ester groups is 2. The highest BCUT2D eigenvalue weighted by Crippen LogP contribution is 2.45. The number of carbonyl (C=O) groups excluding carboxylic acids is 4. The molecule has 0 bridgehead atoms. The van der Waals surface area contributed by atoms with Crippen molar-refractivity contribution in [2.75, 3.05) is 39.6 Å². The Morgan fingerprint density at radius 2 is 0.495 bits per heavy atom. The first-order valence-electron chi connectivity index (χ1n) is 43.5. The summed E-state index contributed by atoms with van der Waals surface area (Å²) in [5, 5.41) is 10.7. The molecule has 6 atom stereocenters. The summed E-state index contributed by atoms with van der Waals surface area (Å²) in [7, 11) is -9.92. The van der Waals surface area contributed by atoms with Gasteiger partial charge in [0, 0.05) is 25.7 Å². The van der Waals surface area contributed by atoms with Crippen LogP contribution in [0.2, 0.25) is 0 Å². The standard InChI is InChI=1S/C84H164O17P2/c1-7-10-12-14-16-18-20-21-22-23-24-25-26-27-28-29-34-38-44-50-56-62-68-83(88)100-79(72-95-82(87)67-61-55-49-43-37-33-31-30-32-36-41-47-53-59-65-77(6)9-3)74-98-102(90,91)96-70-78(85)71-97-103(92,93)99-75-80(73-94-81(86)66-60-54-48-42-35-19-17-15-13-11-8-2)101-84(89)69-63-57-51-45-39-40-46-52-58-64-76(4)5/h76-80,85H,7-75H2,1-6H3,(H,90,91)(H,92,93)/t77?,78-,79-,80-/m1/s1. The maximum Gasteiger partial charge on any atom is 0.472 e. The quantitative estimate of drug-likeness (QED) is 0.0222. The second-order valence-electron chi connectivity index (χ2n) is 30.9. The van der Waals surface area contributed by atoms with Gasteiger partial charge in [0.2, 0.25) is 0 Å². The molecule has 0 rings (SSSR count). The SMILES string of the molecule is CCCCCCCCCCCCCCCCCCCCCCCCC(=O)O[C@H](COC(=O)CCCCCCCCCCCCCCCCC(C)CC)COP(=O)(O)OC[C@@H](O)COP(=O)(O)OC[C@@H](COC(=O)CCCCCCCCCCCCC)OC(=O)CCCCCCCCCCCC(C)C. The van der Waals surface area contributed by atoms with Crippen LogP contribution in [0.4, 0.5) is 0 Å². The number of rotatable bonds is 83. The molecule has 0 aromatic rings. The second kappa shape index (κ2) is 75.5. The molecule has 0 aliphatic carbocycles. The van der Waals surface area contributed by atoms with Gasteiger partial charge in [0.15, 0.2) is 12.2 Å². The molecule has 0 spiro atoms. The van der Waals surface area contributed by atoms with Gasteiger partial charge in [-0.15, -0.1) is 0 Å². The van der Waals surface area contributed by atoms with E-state index in [9.17, 15) is 43.2 Å². The zero-order chi connectivity index (χ0) is 75.6. The monoisotopic (exact) mass is 1510 g/mol. The molecule has 103 heavy (non-hydrogen) atoms. The summed E-state index contributed by atoms with van der Waals surface area (Å²) in [5.74, 6) is -0.520. The fourth-order valence-electron chi connectivity index (χ4n) is 13.0. The Balaban J connectivity index is 5.21. The van der Waals surface area contributed by atoms with Gasteiger partial charge >= 0.3 is 39.5 Å². The predicted molar refractivity (Wildman–Crippen MR) is 423 cm³/mol. The molecule has 612 valence electrons. The van der Waals surface area contributed by atoms with Crippen molar-refractivity contribution in [1.82, 2.24) is 0 Å². The lowest BCUT2D eigenvalue weighted by atomic mass is 9.99. The fraction of sp³-hybridized carbons (Fsp3) is 0.952. The molecule has 17 nitrogen and oxygen atoms in total. The zero-order valence-corrected chi connectivity index (χ0v) is 69.4. The maximum absolute atomic E-state index is 13.1. The summed E-state index contributed by atoms with van der Waals surface area (Å²) in [4.78, 5) is 73.1. The Labute approximate surface area is 632 Å².